The molecule has 0 saturated carbocycles. The highest BCUT2D eigenvalue weighted by Gasteiger charge is 2.36. The van der Waals surface area contributed by atoms with E-state index in [1.807, 2.05) is 43.5 Å². The van der Waals surface area contributed by atoms with E-state index in [0.29, 0.717) is 5.69 Å². The topological polar surface area (TPSA) is 71.4 Å². The Bertz CT molecular complexity index is 1280. The molecule has 0 aliphatic carbocycles. The van der Waals surface area contributed by atoms with Gasteiger partial charge in [-0.15, -0.1) is 0 Å². The van der Waals surface area contributed by atoms with Crippen molar-refractivity contribution in [2.24, 2.45) is 0 Å². The van der Waals surface area contributed by atoms with E-state index in [1.54, 1.807) is 30.3 Å². The second-order valence-electron chi connectivity index (χ2n) is 7.82. The van der Waals surface area contributed by atoms with E-state index in [-0.39, 0.29) is 17.3 Å². The summed E-state index contributed by atoms with van der Waals surface area (Å²) in [5.41, 5.74) is 4.98. The number of amides is 3. The fourth-order valence-corrected chi connectivity index (χ4v) is 4.51. The van der Waals surface area contributed by atoms with Crippen LogP contribution in [0.15, 0.2) is 59.5 Å². The molecule has 6 nitrogen and oxygen atoms in total. The number of carbonyl (C=O) groups is 3. The van der Waals surface area contributed by atoms with Crippen molar-refractivity contribution in [3.8, 4) is 5.69 Å². The summed E-state index contributed by atoms with van der Waals surface area (Å²) < 4.78 is 15.2. The van der Waals surface area contributed by atoms with Crippen molar-refractivity contribution in [3.63, 3.8) is 0 Å². The molecule has 1 fully saturated rings. The van der Waals surface area contributed by atoms with Crippen LogP contribution in [0, 0.1) is 26.6 Å². The van der Waals surface area contributed by atoms with Crippen molar-refractivity contribution in [2.75, 3.05) is 11.9 Å². The minimum absolute atomic E-state index is 0.252. The van der Waals surface area contributed by atoms with Crippen molar-refractivity contribution in [1.29, 1.82) is 0 Å². The third-order valence-electron chi connectivity index (χ3n) is 5.35. The van der Waals surface area contributed by atoms with Gasteiger partial charge in [0, 0.05) is 22.8 Å². The molecule has 1 aromatic heterocycles. The predicted octanol–water partition coefficient (Wildman–Crippen LogP) is 5.22. The molecule has 8 heteroatoms. The maximum Gasteiger partial charge on any atom is 0.294 e. The second kappa shape index (κ2) is 9.07. The molecule has 1 N–H and O–H groups in total. The van der Waals surface area contributed by atoms with Crippen LogP contribution < -0.4 is 5.32 Å². The van der Waals surface area contributed by atoms with Crippen LogP contribution in [0.4, 0.5) is 14.9 Å². The van der Waals surface area contributed by atoms with E-state index in [0.717, 1.165) is 44.9 Å². The summed E-state index contributed by atoms with van der Waals surface area (Å²) in [7, 11) is 0. The van der Waals surface area contributed by atoms with Gasteiger partial charge in [-0.3, -0.25) is 19.3 Å². The first-order chi connectivity index (χ1) is 15.7. The van der Waals surface area contributed by atoms with Crippen LogP contribution in [0.1, 0.15) is 22.5 Å². The van der Waals surface area contributed by atoms with E-state index in [2.05, 4.69) is 5.32 Å². The molecule has 1 saturated heterocycles. The lowest BCUT2D eigenvalue weighted by atomic mass is 10.2. The van der Waals surface area contributed by atoms with Gasteiger partial charge in [0.05, 0.1) is 4.91 Å². The molecule has 2 aromatic carbocycles. The highest BCUT2D eigenvalue weighted by atomic mass is 32.2. The van der Waals surface area contributed by atoms with Gasteiger partial charge in [-0.2, -0.15) is 0 Å². The molecule has 1 aliphatic rings. The number of nitrogens with zero attached hydrogens (tertiary/aromatic N) is 2. The third kappa shape index (κ3) is 4.75. The van der Waals surface area contributed by atoms with Gasteiger partial charge in [0.25, 0.3) is 11.1 Å². The number of rotatable bonds is 5. The van der Waals surface area contributed by atoms with Crippen molar-refractivity contribution in [2.45, 2.75) is 20.8 Å². The Balaban J connectivity index is 1.52. The predicted molar refractivity (Wildman–Crippen MR) is 128 cm³/mol. The highest BCUT2D eigenvalue weighted by molar-refractivity contribution is 8.18. The van der Waals surface area contributed by atoms with Crippen LogP contribution in [0.25, 0.3) is 11.8 Å². The number of imide groups is 1. The Kier molecular flexibility index (Phi) is 6.20. The first-order valence-electron chi connectivity index (χ1n) is 10.3. The van der Waals surface area contributed by atoms with E-state index in [9.17, 15) is 18.8 Å². The highest BCUT2D eigenvalue weighted by Crippen LogP contribution is 2.33. The lowest BCUT2D eigenvalue weighted by Crippen LogP contribution is -2.36. The fraction of sp³-hybridized carbons (Fsp3) is 0.160. The zero-order valence-corrected chi connectivity index (χ0v) is 19.2. The van der Waals surface area contributed by atoms with Crippen molar-refractivity contribution in [1.82, 2.24) is 9.47 Å². The summed E-state index contributed by atoms with van der Waals surface area (Å²) >= 11 is 0.808. The summed E-state index contributed by atoms with van der Waals surface area (Å²) in [5, 5.41) is 2.21. The number of nitrogens with one attached hydrogen (secondary N) is 1. The molecule has 3 amide bonds. The SMILES string of the molecule is Cc1ccc(NC(=O)CN2C(=O)SC(=Cc3cc(C)n(-c4ccc(F)cc4)c3C)C2=O)cc1. The number of carbonyl (C=O) groups excluding carboxylic acids is 3. The number of anilines is 1. The van der Waals surface area contributed by atoms with Crippen LogP contribution in [-0.2, 0) is 9.59 Å². The van der Waals surface area contributed by atoms with E-state index in [4.69, 9.17) is 0 Å². The normalized spacial score (nSPS) is 14.9. The molecule has 0 radical (unpaired) electrons. The molecule has 1 aliphatic heterocycles. The summed E-state index contributed by atoms with van der Waals surface area (Å²) in [4.78, 5) is 38.9. The fourth-order valence-electron chi connectivity index (χ4n) is 3.68. The number of hydrogen-bond acceptors (Lipinski definition) is 4. The molecule has 0 spiro atoms. The number of benzene rings is 2. The maximum atomic E-state index is 13.3. The average molecular weight is 464 g/mol. The summed E-state index contributed by atoms with van der Waals surface area (Å²) in [5.74, 6) is -1.27. The van der Waals surface area contributed by atoms with Gasteiger partial charge < -0.3 is 9.88 Å². The molecule has 33 heavy (non-hydrogen) atoms. The molecule has 168 valence electrons. The number of aryl methyl sites for hydroxylation is 2. The summed E-state index contributed by atoms with van der Waals surface area (Å²) in [6.45, 7) is 5.39. The average Bonchev–Trinajstić information content (AvgIpc) is 3.20. The molecule has 0 atom stereocenters. The van der Waals surface area contributed by atoms with Crippen LogP contribution in [0.2, 0.25) is 0 Å². The summed E-state index contributed by atoms with van der Waals surface area (Å²) in [6.07, 6.45) is 1.66. The van der Waals surface area contributed by atoms with Gasteiger partial charge in [-0.25, -0.2) is 4.39 Å². The van der Waals surface area contributed by atoms with Gasteiger partial charge in [-0.05, 0) is 86.6 Å². The lowest BCUT2D eigenvalue weighted by Gasteiger charge is -2.12. The molecular weight excluding hydrogens is 441 g/mol. The molecule has 0 unspecified atom stereocenters. The Morgan fingerprint density at radius 2 is 1.70 bits per heavy atom. The lowest BCUT2D eigenvalue weighted by molar-refractivity contribution is -0.127. The Morgan fingerprint density at radius 1 is 1.03 bits per heavy atom. The Hall–Kier alpha value is -3.65. The molecule has 3 aromatic rings. The molecule has 2 heterocycles. The monoisotopic (exact) mass is 463 g/mol. The minimum atomic E-state index is -0.504. The standard InChI is InChI=1S/C25H22FN3O3S/c1-15-4-8-20(9-5-15)27-23(30)14-28-24(31)22(33-25(28)32)13-18-12-16(2)29(17(18)3)21-10-6-19(26)7-11-21/h4-13H,14H2,1-3H3,(H,27,30). The molecule has 0 bridgehead atoms. The number of thioether (sulfide) groups is 1. The van der Waals surface area contributed by atoms with E-state index in [1.165, 1.54) is 12.1 Å². The number of hydrogen-bond donors (Lipinski definition) is 1. The number of aromatic nitrogens is 1. The zero-order chi connectivity index (χ0) is 23.7. The van der Waals surface area contributed by atoms with Crippen LogP contribution in [0.5, 0.6) is 0 Å². The van der Waals surface area contributed by atoms with Gasteiger partial charge in [0.1, 0.15) is 12.4 Å². The van der Waals surface area contributed by atoms with Crippen molar-refractivity contribution >= 4 is 40.6 Å². The van der Waals surface area contributed by atoms with E-state index < -0.39 is 17.1 Å². The first-order valence-corrected chi connectivity index (χ1v) is 11.1. The Morgan fingerprint density at radius 3 is 2.36 bits per heavy atom. The second-order valence-corrected chi connectivity index (χ2v) is 8.81. The van der Waals surface area contributed by atoms with Crippen molar-refractivity contribution in [3.05, 3.63) is 87.8 Å². The number of halogens is 1. The summed E-state index contributed by atoms with van der Waals surface area (Å²) in [6, 6.07) is 15.3. The maximum absolute atomic E-state index is 13.3. The van der Waals surface area contributed by atoms with Gasteiger partial charge in [0.2, 0.25) is 5.91 Å². The van der Waals surface area contributed by atoms with Crippen molar-refractivity contribution < 1.29 is 18.8 Å². The van der Waals surface area contributed by atoms with Crippen LogP contribution in [0.3, 0.4) is 0 Å². The molecule has 4 rings (SSSR count). The quantitative estimate of drug-likeness (QED) is 0.527. The first kappa shape index (κ1) is 22.5. The smallest absolute Gasteiger partial charge is 0.294 e. The minimum Gasteiger partial charge on any atom is -0.325 e. The van der Waals surface area contributed by atoms with E-state index >= 15 is 0 Å². The van der Waals surface area contributed by atoms with Crippen LogP contribution >= 0.6 is 11.8 Å². The zero-order valence-electron chi connectivity index (χ0n) is 18.4. The largest absolute Gasteiger partial charge is 0.325 e. The Labute approximate surface area is 195 Å². The van der Waals surface area contributed by atoms with Gasteiger partial charge in [0.15, 0.2) is 0 Å². The van der Waals surface area contributed by atoms with Gasteiger partial charge in [-0.1, -0.05) is 17.7 Å². The van der Waals surface area contributed by atoms with Crippen LogP contribution in [-0.4, -0.2) is 33.1 Å². The third-order valence-corrected chi connectivity index (χ3v) is 6.26. The van der Waals surface area contributed by atoms with Gasteiger partial charge >= 0.3 is 0 Å². The molecular formula is C25H22FN3O3S.